The van der Waals surface area contributed by atoms with E-state index in [1.54, 1.807) is 6.07 Å². The molecule has 0 fully saturated rings. The van der Waals surface area contributed by atoms with Gasteiger partial charge in [-0.15, -0.1) is 11.3 Å². The maximum absolute atomic E-state index is 10.7. The Morgan fingerprint density at radius 2 is 1.84 bits per heavy atom. The van der Waals surface area contributed by atoms with E-state index in [2.05, 4.69) is 0 Å². The molecule has 4 N–H and O–H groups in total. The van der Waals surface area contributed by atoms with Crippen molar-refractivity contribution in [3.63, 3.8) is 0 Å². The predicted molar refractivity (Wildman–Crippen MR) is 74.5 cm³/mol. The zero-order valence-electron chi connectivity index (χ0n) is 10.2. The topological polar surface area (TPSA) is 83.6 Å². The van der Waals surface area contributed by atoms with E-state index in [1.165, 1.54) is 11.3 Å². The van der Waals surface area contributed by atoms with Crippen molar-refractivity contribution in [3.05, 3.63) is 47.3 Å². The quantitative estimate of drug-likeness (QED) is 0.777. The highest BCUT2D eigenvalue weighted by molar-refractivity contribution is 7.15. The summed E-state index contributed by atoms with van der Waals surface area (Å²) in [6.45, 7) is 0. The lowest BCUT2D eigenvalue weighted by molar-refractivity contribution is -0.121. The summed E-state index contributed by atoms with van der Waals surface area (Å²) < 4.78 is 0. The van der Waals surface area contributed by atoms with Crippen LogP contribution in [0.3, 0.4) is 0 Å². The van der Waals surface area contributed by atoms with Crippen molar-refractivity contribution in [2.75, 3.05) is 0 Å². The summed E-state index contributed by atoms with van der Waals surface area (Å²) in [4.78, 5) is 12.3. The number of carbonyl (C=O) groups excluding carboxylic acids is 1. The van der Waals surface area contributed by atoms with Crippen molar-refractivity contribution in [1.29, 1.82) is 0 Å². The van der Waals surface area contributed by atoms with Crippen LogP contribution in [0.2, 0.25) is 0 Å². The Morgan fingerprint density at radius 1 is 1.16 bits per heavy atom. The molecule has 0 aliphatic heterocycles. The number of carbonyl (C=O) groups is 1. The van der Waals surface area contributed by atoms with Gasteiger partial charge in [-0.2, -0.15) is 0 Å². The van der Waals surface area contributed by atoms with Gasteiger partial charge in [-0.3, -0.25) is 4.79 Å². The first-order valence-corrected chi connectivity index (χ1v) is 6.69. The van der Waals surface area contributed by atoms with Gasteiger partial charge in [0.05, 0.1) is 12.5 Å². The Balaban J connectivity index is 2.15. The van der Waals surface area contributed by atoms with Crippen LogP contribution in [-0.4, -0.2) is 22.2 Å². The van der Waals surface area contributed by atoms with Crippen molar-refractivity contribution in [2.45, 2.75) is 18.6 Å². The first kappa shape index (κ1) is 13.7. The molecule has 0 radical (unpaired) electrons. The van der Waals surface area contributed by atoms with Gasteiger partial charge in [0.2, 0.25) is 5.91 Å². The molecule has 19 heavy (non-hydrogen) atoms. The number of benzene rings is 1. The summed E-state index contributed by atoms with van der Waals surface area (Å²) in [6.07, 6.45) is -2.51. The number of hydrogen-bond donors (Lipinski definition) is 3. The average Bonchev–Trinajstić information content (AvgIpc) is 2.87. The molecule has 100 valence electrons. The minimum Gasteiger partial charge on any atom is -0.389 e. The van der Waals surface area contributed by atoms with Crippen LogP contribution in [0, 0.1) is 0 Å². The standard InChI is InChI=1S/C14H15NO3S/c15-13(17)8-10(16)14(18)12-7-6-11(19-12)9-4-2-1-3-5-9/h1-7,10,14,16,18H,8H2,(H2,15,17). The van der Waals surface area contributed by atoms with Crippen LogP contribution in [-0.2, 0) is 4.79 Å². The van der Waals surface area contributed by atoms with Gasteiger partial charge in [0.1, 0.15) is 6.10 Å². The summed E-state index contributed by atoms with van der Waals surface area (Å²) in [5, 5.41) is 19.6. The number of hydrogen-bond acceptors (Lipinski definition) is 4. The number of rotatable bonds is 5. The molecule has 0 bridgehead atoms. The lowest BCUT2D eigenvalue weighted by atomic mass is 10.1. The van der Waals surface area contributed by atoms with Gasteiger partial charge in [0, 0.05) is 9.75 Å². The highest BCUT2D eigenvalue weighted by atomic mass is 32.1. The van der Waals surface area contributed by atoms with E-state index in [0.29, 0.717) is 4.88 Å². The van der Waals surface area contributed by atoms with E-state index in [4.69, 9.17) is 5.73 Å². The molecule has 0 aliphatic carbocycles. The fraction of sp³-hybridized carbons (Fsp3) is 0.214. The second-order valence-corrected chi connectivity index (χ2v) is 5.37. The molecule has 0 aliphatic rings. The van der Waals surface area contributed by atoms with Crippen LogP contribution >= 0.6 is 11.3 Å². The lowest BCUT2D eigenvalue weighted by Crippen LogP contribution is -2.25. The van der Waals surface area contributed by atoms with Gasteiger partial charge in [0.25, 0.3) is 0 Å². The van der Waals surface area contributed by atoms with Gasteiger partial charge in [-0.05, 0) is 17.7 Å². The third-order valence-electron chi connectivity index (χ3n) is 2.75. The summed E-state index contributed by atoms with van der Waals surface area (Å²) in [5.41, 5.74) is 6.05. The predicted octanol–water partition coefficient (Wildman–Crippen LogP) is 1.68. The van der Waals surface area contributed by atoms with E-state index < -0.39 is 18.1 Å². The molecule has 2 aromatic rings. The van der Waals surface area contributed by atoms with Crippen LogP contribution in [0.1, 0.15) is 17.4 Å². The fourth-order valence-electron chi connectivity index (χ4n) is 1.78. The molecule has 1 aromatic heterocycles. The maximum atomic E-state index is 10.7. The third kappa shape index (κ3) is 3.41. The van der Waals surface area contributed by atoms with Crippen LogP contribution in [0.5, 0.6) is 0 Å². The second kappa shape index (κ2) is 5.97. The molecule has 1 heterocycles. The zero-order chi connectivity index (χ0) is 13.8. The van der Waals surface area contributed by atoms with E-state index in [0.717, 1.165) is 10.4 Å². The van der Waals surface area contributed by atoms with Crippen molar-refractivity contribution in [3.8, 4) is 10.4 Å². The van der Waals surface area contributed by atoms with E-state index >= 15 is 0 Å². The lowest BCUT2D eigenvalue weighted by Gasteiger charge is -2.14. The average molecular weight is 277 g/mol. The maximum Gasteiger partial charge on any atom is 0.220 e. The zero-order valence-corrected chi connectivity index (χ0v) is 11.0. The van der Waals surface area contributed by atoms with E-state index in [-0.39, 0.29) is 6.42 Å². The summed E-state index contributed by atoms with van der Waals surface area (Å²) in [5.74, 6) is -0.633. The molecule has 0 spiro atoms. The Labute approximate surface area is 115 Å². The summed E-state index contributed by atoms with van der Waals surface area (Å²) >= 11 is 1.39. The highest BCUT2D eigenvalue weighted by Crippen LogP contribution is 2.32. The van der Waals surface area contributed by atoms with Crippen molar-refractivity contribution >= 4 is 17.2 Å². The van der Waals surface area contributed by atoms with Crippen molar-refractivity contribution in [1.82, 2.24) is 0 Å². The number of amides is 1. The van der Waals surface area contributed by atoms with Crippen LogP contribution < -0.4 is 5.73 Å². The van der Waals surface area contributed by atoms with Crippen molar-refractivity contribution in [2.24, 2.45) is 5.73 Å². The molecule has 2 unspecified atom stereocenters. The van der Waals surface area contributed by atoms with Gasteiger partial charge >= 0.3 is 0 Å². The second-order valence-electron chi connectivity index (χ2n) is 4.25. The SMILES string of the molecule is NC(=O)CC(O)C(O)c1ccc(-c2ccccc2)s1. The summed E-state index contributed by atoms with van der Waals surface area (Å²) in [7, 11) is 0. The molecular formula is C14H15NO3S. The minimum atomic E-state index is -1.17. The Hall–Kier alpha value is -1.69. The van der Waals surface area contributed by atoms with E-state index in [1.807, 2.05) is 36.4 Å². The molecule has 0 saturated heterocycles. The first-order chi connectivity index (χ1) is 9.08. The Bertz CT molecular complexity index is 553. The normalized spacial score (nSPS) is 14.0. The first-order valence-electron chi connectivity index (χ1n) is 5.87. The molecule has 1 amide bonds. The van der Waals surface area contributed by atoms with Gasteiger partial charge in [-0.1, -0.05) is 30.3 Å². The Morgan fingerprint density at radius 3 is 2.47 bits per heavy atom. The largest absolute Gasteiger partial charge is 0.389 e. The third-order valence-corrected chi connectivity index (χ3v) is 3.96. The number of thiophene rings is 1. The number of primary amides is 1. The van der Waals surface area contributed by atoms with Gasteiger partial charge in [0.15, 0.2) is 0 Å². The van der Waals surface area contributed by atoms with Crippen LogP contribution in [0.4, 0.5) is 0 Å². The van der Waals surface area contributed by atoms with Crippen LogP contribution in [0.15, 0.2) is 42.5 Å². The molecule has 0 saturated carbocycles. The highest BCUT2D eigenvalue weighted by Gasteiger charge is 2.22. The Kier molecular flexibility index (Phi) is 4.31. The fourth-order valence-corrected chi connectivity index (χ4v) is 2.83. The molecular weight excluding hydrogens is 262 g/mol. The monoisotopic (exact) mass is 277 g/mol. The summed E-state index contributed by atoms with van der Waals surface area (Å²) in [6, 6.07) is 13.4. The molecule has 2 atom stereocenters. The van der Waals surface area contributed by atoms with E-state index in [9.17, 15) is 15.0 Å². The smallest absolute Gasteiger partial charge is 0.220 e. The molecule has 5 heteroatoms. The number of aliphatic hydroxyl groups excluding tert-OH is 2. The molecule has 2 rings (SSSR count). The van der Waals surface area contributed by atoms with Gasteiger partial charge in [-0.25, -0.2) is 0 Å². The van der Waals surface area contributed by atoms with Crippen molar-refractivity contribution < 1.29 is 15.0 Å². The molecule has 1 aromatic carbocycles. The number of aliphatic hydroxyl groups is 2. The molecule has 4 nitrogen and oxygen atoms in total. The van der Waals surface area contributed by atoms with Gasteiger partial charge < -0.3 is 15.9 Å². The minimum absolute atomic E-state index is 0.250. The van der Waals surface area contributed by atoms with Crippen LogP contribution in [0.25, 0.3) is 10.4 Å². The number of nitrogens with two attached hydrogens (primary N) is 1.